The monoisotopic (exact) mass is 478 g/mol. The number of nitrogens with one attached hydrogen (secondary N) is 2. The van der Waals surface area contributed by atoms with Crippen molar-refractivity contribution in [3.05, 3.63) is 59.4 Å². The third-order valence-electron chi connectivity index (χ3n) is 4.67. The lowest BCUT2D eigenvalue weighted by Crippen LogP contribution is -2.17. The number of methoxy groups -OCH3 is 1. The highest BCUT2D eigenvalue weighted by Crippen LogP contribution is 2.31. The Balaban J connectivity index is 1.98. The zero-order valence-corrected chi connectivity index (χ0v) is 18.7. The Labute approximate surface area is 194 Å². The number of nitrogens with zero attached hydrogens (tertiary/aromatic N) is 2. The second-order valence-corrected chi connectivity index (χ2v) is 7.14. The number of alkyl halides is 3. The third-order valence-corrected chi connectivity index (χ3v) is 4.67. The number of halogens is 3. The molecule has 3 aromatic rings. The highest BCUT2D eigenvalue weighted by molar-refractivity contribution is 6.00. The van der Waals surface area contributed by atoms with Crippen LogP contribution in [0.4, 0.5) is 24.9 Å². The van der Waals surface area contributed by atoms with Crippen LogP contribution in [0.25, 0.3) is 11.5 Å². The first-order chi connectivity index (χ1) is 16.3. The van der Waals surface area contributed by atoms with Crippen LogP contribution in [-0.4, -0.2) is 42.8 Å². The van der Waals surface area contributed by atoms with Gasteiger partial charge in [0.1, 0.15) is 17.1 Å². The molecule has 1 aromatic carbocycles. The Bertz CT molecular complexity index is 1090. The van der Waals surface area contributed by atoms with Crippen molar-refractivity contribution in [2.75, 3.05) is 37.5 Å². The average Bonchev–Trinajstić information content (AvgIpc) is 3.35. The van der Waals surface area contributed by atoms with E-state index in [1.165, 1.54) is 12.3 Å². The molecule has 34 heavy (non-hydrogen) atoms. The molecule has 0 fully saturated rings. The maximum atomic E-state index is 13.1. The van der Waals surface area contributed by atoms with Gasteiger partial charge in [-0.05, 0) is 43.2 Å². The number of benzene rings is 1. The lowest BCUT2D eigenvalue weighted by atomic mass is 10.1. The normalized spacial score (nSPS) is 11.3. The van der Waals surface area contributed by atoms with E-state index in [4.69, 9.17) is 13.9 Å². The topological polar surface area (TPSA) is 98.5 Å². The maximum Gasteiger partial charge on any atom is 0.416 e. The summed E-state index contributed by atoms with van der Waals surface area (Å²) in [5.74, 6) is -0.0625. The van der Waals surface area contributed by atoms with Crippen LogP contribution < -0.4 is 10.6 Å². The molecule has 0 spiro atoms. The highest BCUT2D eigenvalue weighted by Gasteiger charge is 2.30. The quantitative estimate of drug-likeness (QED) is 0.294. The van der Waals surface area contributed by atoms with Gasteiger partial charge in [-0.1, -0.05) is 12.1 Å². The van der Waals surface area contributed by atoms with Crippen molar-refractivity contribution in [3.63, 3.8) is 0 Å². The molecule has 0 saturated carbocycles. The minimum absolute atomic E-state index is 0.0196. The molecule has 11 heteroatoms. The van der Waals surface area contributed by atoms with Gasteiger partial charge in [-0.25, -0.2) is 9.78 Å². The number of carbonyl (C=O) groups excluding carboxylic acids is 1. The summed E-state index contributed by atoms with van der Waals surface area (Å²) in [5, 5.41) is 6.03. The Morgan fingerprint density at radius 2 is 1.97 bits per heavy atom. The summed E-state index contributed by atoms with van der Waals surface area (Å²) < 4.78 is 55.0. The number of anilines is 2. The number of hydrogen-bond donors (Lipinski definition) is 2. The molecule has 2 heterocycles. The number of carbonyl (C=O) groups is 1. The molecule has 0 radical (unpaired) electrons. The molecule has 0 atom stereocenters. The van der Waals surface area contributed by atoms with Gasteiger partial charge in [0.2, 0.25) is 5.95 Å². The molecule has 0 saturated heterocycles. The van der Waals surface area contributed by atoms with Crippen molar-refractivity contribution in [3.8, 4) is 11.5 Å². The summed E-state index contributed by atoms with van der Waals surface area (Å²) in [6, 6.07) is 8.18. The molecule has 8 nitrogen and oxygen atoms in total. The molecular weight excluding hydrogens is 453 g/mol. The summed E-state index contributed by atoms with van der Waals surface area (Å²) in [6.07, 6.45) is -2.34. The van der Waals surface area contributed by atoms with E-state index in [0.717, 1.165) is 12.1 Å². The van der Waals surface area contributed by atoms with Crippen molar-refractivity contribution in [1.29, 1.82) is 0 Å². The molecule has 0 amide bonds. The van der Waals surface area contributed by atoms with Crippen LogP contribution in [0.2, 0.25) is 0 Å². The molecular formula is C23H25F3N4O4. The number of aromatic nitrogens is 2. The lowest BCUT2D eigenvalue weighted by molar-refractivity contribution is -0.137. The van der Waals surface area contributed by atoms with E-state index in [9.17, 15) is 18.0 Å². The molecule has 3 rings (SSSR count). The van der Waals surface area contributed by atoms with Crippen LogP contribution in [0.1, 0.15) is 34.8 Å². The molecule has 0 aliphatic rings. The SMILES string of the molecule is CCOC(=O)c1c(NCc2cccc(C(F)(F)F)c2)nc(NCCCOC)nc1-c1ccco1. The molecule has 2 N–H and O–H groups in total. The van der Waals surface area contributed by atoms with Crippen LogP contribution in [-0.2, 0) is 22.2 Å². The zero-order chi connectivity index (χ0) is 24.6. The van der Waals surface area contributed by atoms with E-state index in [1.54, 1.807) is 32.2 Å². The first kappa shape index (κ1) is 25.0. The predicted molar refractivity (Wildman–Crippen MR) is 119 cm³/mol. The minimum Gasteiger partial charge on any atom is -0.463 e. The van der Waals surface area contributed by atoms with Crippen molar-refractivity contribution >= 4 is 17.7 Å². The van der Waals surface area contributed by atoms with Crippen molar-refractivity contribution < 1.29 is 31.9 Å². The van der Waals surface area contributed by atoms with Gasteiger partial charge in [0.25, 0.3) is 0 Å². The van der Waals surface area contributed by atoms with Gasteiger partial charge in [0, 0.05) is 26.8 Å². The smallest absolute Gasteiger partial charge is 0.416 e. The van der Waals surface area contributed by atoms with Gasteiger partial charge < -0.3 is 24.5 Å². The Morgan fingerprint density at radius 1 is 1.15 bits per heavy atom. The van der Waals surface area contributed by atoms with Crippen molar-refractivity contribution in [2.45, 2.75) is 26.1 Å². The van der Waals surface area contributed by atoms with Gasteiger partial charge in [0.05, 0.1) is 18.4 Å². The highest BCUT2D eigenvalue weighted by atomic mass is 19.4. The Morgan fingerprint density at radius 3 is 2.65 bits per heavy atom. The van der Waals surface area contributed by atoms with E-state index in [-0.39, 0.29) is 36.2 Å². The lowest BCUT2D eigenvalue weighted by Gasteiger charge is -2.16. The summed E-state index contributed by atoms with van der Waals surface area (Å²) in [6.45, 7) is 2.78. The second kappa shape index (κ2) is 11.5. The fourth-order valence-corrected chi connectivity index (χ4v) is 3.12. The molecule has 182 valence electrons. The number of rotatable bonds is 11. The summed E-state index contributed by atoms with van der Waals surface area (Å²) in [5.41, 5.74) is -0.195. The fourth-order valence-electron chi connectivity index (χ4n) is 3.12. The number of furan rings is 1. The van der Waals surface area contributed by atoms with E-state index in [0.29, 0.717) is 30.9 Å². The summed E-state index contributed by atoms with van der Waals surface area (Å²) in [4.78, 5) is 21.6. The van der Waals surface area contributed by atoms with E-state index >= 15 is 0 Å². The van der Waals surface area contributed by atoms with Crippen molar-refractivity contribution in [1.82, 2.24) is 9.97 Å². The molecule has 0 aliphatic carbocycles. The van der Waals surface area contributed by atoms with E-state index in [1.807, 2.05) is 0 Å². The van der Waals surface area contributed by atoms with Crippen LogP contribution >= 0.6 is 0 Å². The number of esters is 1. The van der Waals surface area contributed by atoms with Gasteiger partial charge in [0.15, 0.2) is 5.76 Å². The predicted octanol–water partition coefficient (Wildman–Crippen LogP) is 4.99. The molecule has 0 aliphatic heterocycles. The van der Waals surface area contributed by atoms with Crippen LogP contribution in [0.15, 0.2) is 47.1 Å². The van der Waals surface area contributed by atoms with Crippen LogP contribution in [0, 0.1) is 0 Å². The van der Waals surface area contributed by atoms with E-state index < -0.39 is 17.7 Å². The van der Waals surface area contributed by atoms with Gasteiger partial charge in [-0.3, -0.25) is 0 Å². The van der Waals surface area contributed by atoms with Crippen LogP contribution in [0.3, 0.4) is 0 Å². The van der Waals surface area contributed by atoms with E-state index in [2.05, 4.69) is 20.6 Å². The standard InChI is InChI=1S/C23H25F3N4O4/c1-3-33-21(31)18-19(17-9-5-12-34-17)29-22(27-10-6-11-32-2)30-20(18)28-14-15-7-4-8-16(13-15)23(24,25)26/h4-5,7-9,12-13H,3,6,10-11,14H2,1-2H3,(H2,27,28,29,30). The summed E-state index contributed by atoms with van der Waals surface area (Å²) >= 11 is 0. The minimum atomic E-state index is -4.47. The number of ether oxygens (including phenoxy) is 2. The van der Waals surface area contributed by atoms with Gasteiger partial charge in [-0.15, -0.1) is 0 Å². The Hall–Kier alpha value is -3.60. The number of hydrogen-bond acceptors (Lipinski definition) is 8. The third kappa shape index (κ3) is 6.47. The summed E-state index contributed by atoms with van der Waals surface area (Å²) in [7, 11) is 1.59. The molecule has 0 bridgehead atoms. The second-order valence-electron chi connectivity index (χ2n) is 7.14. The zero-order valence-electron chi connectivity index (χ0n) is 18.7. The maximum absolute atomic E-state index is 13.1. The van der Waals surface area contributed by atoms with Crippen LogP contribution in [0.5, 0.6) is 0 Å². The first-order valence-electron chi connectivity index (χ1n) is 10.6. The largest absolute Gasteiger partial charge is 0.463 e. The Kier molecular flexibility index (Phi) is 8.47. The molecule has 0 unspecified atom stereocenters. The van der Waals surface area contributed by atoms with Gasteiger partial charge in [-0.2, -0.15) is 18.2 Å². The molecule has 2 aromatic heterocycles. The fraction of sp³-hybridized carbons (Fsp3) is 0.348. The van der Waals surface area contributed by atoms with Gasteiger partial charge >= 0.3 is 12.1 Å². The first-order valence-corrected chi connectivity index (χ1v) is 10.6. The van der Waals surface area contributed by atoms with Crippen molar-refractivity contribution in [2.24, 2.45) is 0 Å². The average molecular weight is 478 g/mol.